The molecule has 11 heavy (non-hydrogen) atoms. The van der Waals surface area contributed by atoms with Gasteiger partial charge in [-0.15, -0.1) is 0 Å². The molecule has 0 saturated carbocycles. The zero-order valence-electron chi connectivity index (χ0n) is 5.48. The summed E-state index contributed by atoms with van der Waals surface area (Å²) in [6.07, 6.45) is -2.62. The number of aliphatic hydroxyl groups excluding tert-OH is 1. The molecule has 0 heterocycles. The molecule has 0 aromatic heterocycles. The van der Waals surface area contributed by atoms with Crippen LogP contribution in [0.1, 0.15) is 6.42 Å². The van der Waals surface area contributed by atoms with E-state index in [-0.39, 0.29) is 0 Å². The maximum atomic E-state index is 10.4. The second-order valence-electron chi connectivity index (χ2n) is 1.85. The number of primary amides is 1. The van der Waals surface area contributed by atoms with Gasteiger partial charge in [-0.3, -0.25) is 9.59 Å². The van der Waals surface area contributed by atoms with E-state index in [1.165, 1.54) is 0 Å². The van der Waals surface area contributed by atoms with Crippen molar-refractivity contribution in [1.29, 1.82) is 0 Å². The molecule has 62 valence electrons. The van der Waals surface area contributed by atoms with Gasteiger partial charge in [-0.2, -0.15) is 0 Å². The molecule has 0 spiro atoms. The standard InChI is InChI=1S/C5H7NO5/c6-4(9)2(7)1-3(8)5(10)11/h3,8H,1H2,(H2,6,9)(H,10,11). The average molecular weight is 161 g/mol. The van der Waals surface area contributed by atoms with Crippen LogP contribution in [0.2, 0.25) is 0 Å². The number of carbonyl (C=O) groups is 3. The van der Waals surface area contributed by atoms with Crippen LogP contribution >= 0.6 is 0 Å². The Morgan fingerprint density at radius 3 is 2.09 bits per heavy atom. The molecule has 1 unspecified atom stereocenters. The first-order valence-electron chi connectivity index (χ1n) is 2.68. The number of rotatable bonds is 4. The Hall–Kier alpha value is -1.43. The van der Waals surface area contributed by atoms with E-state index in [0.717, 1.165) is 0 Å². The van der Waals surface area contributed by atoms with Crippen molar-refractivity contribution in [2.45, 2.75) is 12.5 Å². The van der Waals surface area contributed by atoms with Gasteiger partial charge in [0.05, 0.1) is 6.42 Å². The number of amides is 1. The van der Waals surface area contributed by atoms with Crippen LogP contribution in [0.4, 0.5) is 0 Å². The molecule has 0 aliphatic rings. The fourth-order valence-electron chi connectivity index (χ4n) is 0.364. The van der Waals surface area contributed by atoms with E-state index in [4.69, 9.17) is 10.2 Å². The van der Waals surface area contributed by atoms with Crippen molar-refractivity contribution in [3.05, 3.63) is 0 Å². The smallest absolute Gasteiger partial charge is 0.333 e. The van der Waals surface area contributed by atoms with Gasteiger partial charge in [-0.25, -0.2) is 4.79 Å². The largest absolute Gasteiger partial charge is 0.479 e. The van der Waals surface area contributed by atoms with Gasteiger partial charge < -0.3 is 15.9 Å². The summed E-state index contributed by atoms with van der Waals surface area (Å²) in [5.41, 5.74) is 4.49. The van der Waals surface area contributed by atoms with E-state index in [1.54, 1.807) is 0 Å². The molecular weight excluding hydrogens is 154 g/mol. The second-order valence-corrected chi connectivity index (χ2v) is 1.85. The zero-order valence-corrected chi connectivity index (χ0v) is 5.48. The number of hydrogen-bond acceptors (Lipinski definition) is 4. The van der Waals surface area contributed by atoms with E-state index in [9.17, 15) is 14.4 Å². The summed E-state index contributed by atoms with van der Waals surface area (Å²) in [5.74, 6) is -3.90. The number of carboxylic acids is 1. The predicted molar refractivity (Wildman–Crippen MR) is 32.5 cm³/mol. The van der Waals surface area contributed by atoms with Crippen LogP contribution in [0.25, 0.3) is 0 Å². The highest BCUT2D eigenvalue weighted by Crippen LogP contribution is 1.92. The van der Waals surface area contributed by atoms with E-state index in [2.05, 4.69) is 5.73 Å². The van der Waals surface area contributed by atoms with Crippen molar-refractivity contribution in [3.63, 3.8) is 0 Å². The minimum Gasteiger partial charge on any atom is -0.479 e. The van der Waals surface area contributed by atoms with E-state index >= 15 is 0 Å². The minimum atomic E-state index is -1.85. The van der Waals surface area contributed by atoms with Gasteiger partial charge in [-0.05, 0) is 0 Å². The molecule has 0 aromatic rings. The zero-order chi connectivity index (χ0) is 9.02. The van der Waals surface area contributed by atoms with E-state index in [0.29, 0.717) is 0 Å². The second kappa shape index (κ2) is 3.67. The lowest BCUT2D eigenvalue weighted by atomic mass is 10.2. The van der Waals surface area contributed by atoms with Gasteiger partial charge in [-0.1, -0.05) is 0 Å². The number of Topliss-reactive ketones (excluding diaryl/α,β-unsaturated/α-hetero) is 1. The fraction of sp³-hybridized carbons (Fsp3) is 0.400. The first kappa shape index (κ1) is 9.57. The average Bonchev–Trinajstić information content (AvgIpc) is 1.87. The van der Waals surface area contributed by atoms with Crippen molar-refractivity contribution in [2.24, 2.45) is 5.73 Å². The molecule has 1 atom stereocenters. The first-order valence-corrected chi connectivity index (χ1v) is 2.68. The minimum absolute atomic E-state index is 0.773. The number of nitrogens with two attached hydrogens (primary N) is 1. The fourth-order valence-corrected chi connectivity index (χ4v) is 0.364. The monoisotopic (exact) mass is 161 g/mol. The van der Waals surface area contributed by atoms with Crippen LogP contribution in [0.15, 0.2) is 0 Å². The van der Waals surface area contributed by atoms with Gasteiger partial charge in [0.1, 0.15) is 0 Å². The summed E-state index contributed by atoms with van der Waals surface area (Å²) in [6.45, 7) is 0. The summed E-state index contributed by atoms with van der Waals surface area (Å²) in [6, 6.07) is 0. The Balaban J connectivity index is 3.95. The molecule has 6 nitrogen and oxygen atoms in total. The van der Waals surface area contributed by atoms with Crippen LogP contribution in [0.3, 0.4) is 0 Å². The van der Waals surface area contributed by atoms with Crippen LogP contribution < -0.4 is 5.73 Å². The van der Waals surface area contributed by atoms with E-state index < -0.39 is 30.2 Å². The van der Waals surface area contributed by atoms with Gasteiger partial charge >= 0.3 is 5.97 Å². The lowest BCUT2D eigenvalue weighted by Gasteiger charge is -2.00. The van der Waals surface area contributed by atoms with Crippen LogP contribution in [-0.2, 0) is 14.4 Å². The SMILES string of the molecule is NC(=O)C(=O)CC(O)C(=O)O. The number of ketones is 1. The van der Waals surface area contributed by atoms with Crippen molar-refractivity contribution in [1.82, 2.24) is 0 Å². The van der Waals surface area contributed by atoms with E-state index in [1.807, 2.05) is 0 Å². The number of carboxylic acid groups (broad SMARTS) is 1. The normalized spacial score (nSPS) is 12.1. The van der Waals surface area contributed by atoms with Crippen LogP contribution in [0, 0.1) is 0 Å². The van der Waals surface area contributed by atoms with Crippen molar-refractivity contribution >= 4 is 17.7 Å². The molecule has 0 fully saturated rings. The molecule has 0 aliphatic carbocycles. The van der Waals surface area contributed by atoms with Gasteiger partial charge in [0.15, 0.2) is 6.10 Å². The Bertz CT molecular complexity index is 199. The highest BCUT2D eigenvalue weighted by Gasteiger charge is 2.20. The number of carbonyl (C=O) groups excluding carboxylic acids is 2. The third-order valence-electron chi connectivity index (χ3n) is 0.939. The molecule has 6 heteroatoms. The molecule has 0 radical (unpaired) electrons. The highest BCUT2D eigenvalue weighted by molar-refractivity contribution is 6.35. The number of aliphatic carboxylic acids is 1. The van der Waals surface area contributed by atoms with Crippen LogP contribution in [0.5, 0.6) is 0 Å². The lowest BCUT2D eigenvalue weighted by molar-refractivity contribution is -0.149. The van der Waals surface area contributed by atoms with Gasteiger partial charge in [0.2, 0.25) is 5.78 Å². The topological polar surface area (TPSA) is 118 Å². The quantitative estimate of drug-likeness (QED) is 0.407. The molecule has 0 bridgehead atoms. The Labute approximate surface area is 61.6 Å². The third kappa shape index (κ3) is 3.31. The summed E-state index contributed by atoms with van der Waals surface area (Å²) in [7, 11) is 0. The summed E-state index contributed by atoms with van der Waals surface area (Å²) >= 11 is 0. The molecule has 1 amide bonds. The summed E-state index contributed by atoms with van der Waals surface area (Å²) < 4.78 is 0. The number of hydrogen-bond donors (Lipinski definition) is 3. The maximum absolute atomic E-state index is 10.4. The molecule has 0 rings (SSSR count). The Morgan fingerprint density at radius 1 is 1.36 bits per heavy atom. The first-order chi connectivity index (χ1) is 4.95. The van der Waals surface area contributed by atoms with Crippen molar-refractivity contribution in [3.8, 4) is 0 Å². The molecule has 0 aliphatic heterocycles. The third-order valence-corrected chi connectivity index (χ3v) is 0.939. The lowest BCUT2D eigenvalue weighted by Crippen LogP contribution is -2.30. The molecule has 4 N–H and O–H groups in total. The molecular formula is C5H7NO5. The van der Waals surface area contributed by atoms with Crippen molar-refractivity contribution < 1.29 is 24.6 Å². The summed E-state index contributed by atoms with van der Waals surface area (Å²) in [4.78, 5) is 30.3. The highest BCUT2D eigenvalue weighted by atomic mass is 16.4. The Kier molecular flexibility index (Phi) is 3.19. The Morgan fingerprint density at radius 2 is 1.82 bits per heavy atom. The molecule has 0 saturated heterocycles. The van der Waals surface area contributed by atoms with Crippen molar-refractivity contribution in [2.75, 3.05) is 0 Å². The maximum Gasteiger partial charge on any atom is 0.333 e. The molecule has 0 aromatic carbocycles. The van der Waals surface area contributed by atoms with Crippen LogP contribution in [-0.4, -0.2) is 34.0 Å². The predicted octanol–water partition coefficient (Wildman–Crippen LogP) is -2.12. The van der Waals surface area contributed by atoms with Gasteiger partial charge in [0, 0.05) is 0 Å². The van der Waals surface area contributed by atoms with Gasteiger partial charge in [0.25, 0.3) is 5.91 Å². The number of aliphatic hydroxyl groups is 1. The summed E-state index contributed by atoms with van der Waals surface area (Å²) in [5, 5.41) is 16.6.